The van der Waals surface area contributed by atoms with Crippen molar-refractivity contribution >= 4 is 5.97 Å². The first-order valence-electron chi connectivity index (χ1n) is 6.99. The predicted octanol–water partition coefficient (Wildman–Crippen LogP) is 1.71. The largest absolute Gasteiger partial charge is 0.475 e. The van der Waals surface area contributed by atoms with E-state index >= 15 is 0 Å². The molecular formula is C16H12FN3O4. The van der Waals surface area contributed by atoms with E-state index < -0.39 is 11.8 Å². The molecule has 1 N–H and O–H groups in total. The summed E-state index contributed by atoms with van der Waals surface area (Å²) in [5.74, 6) is -1.63. The molecular weight excluding hydrogens is 317 g/mol. The van der Waals surface area contributed by atoms with Gasteiger partial charge in [-0.3, -0.25) is 9.78 Å². The van der Waals surface area contributed by atoms with Crippen LogP contribution in [0, 0.1) is 5.82 Å². The average Bonchev–Trinajstić information content (AvgIpc) is 3.02. The Labute approximate surface area is 135 Å². The number of oxazole rings is 1. The second-order valence-electron chi connectivity index (χ2n) is 5.07. The second kappa shape index (κ2) is 6.45. The molecule has 24 heavy (non-hydrogen) atoms. The maximum atomic E-state index is 13.2. The van der Waals surface area contributed by atoms with Gasteiger partial charge in [0.2, 0.25) is 5.76 Å². The lowest BCUT2D eigenvalue weighted by molar-refractivity contribution is 0.0660. The molecule has 0 saturated heterocycles. The monoisotopic (exact) mass is 329 g/mol. The van der Waals surface area contributed by atoms with E-state index in [1.54, 1.807) is 18.3 Å². The highest BCUT2D eigenvalue weighted by Gasteiger charge is 2.11. The second-order valence-corrected chi connectivity index (χ2v) is 5.07. The number of halogens is 1. The van der Waals surface area contributed by atoms with Crippen LogP contribution in [0.15, 0.2) is 52.1 Å². The normalized spacial score (nSPS) is 10.7. The number of hydrogen-bond acceptors (Lipinski definition) is 5. The third-order valence-corrected chi connectivity index (χ3v) is 3.29. The summed E-state index contributed by atoms with van der Waals surface area (Å²) in [5, 5.41) is 8.78. The van der Waals surface area contributed by atoms with Crippen LogP contribution < -0.4 is 5.56 Å². The lowest BCUT2D eigenvalue weighted by Gasteiger charge is -2.05. The van der Waals surface area contributed by atoms with Crippen molar-refractivity contribution in [2.75, 3.05) is 0 Å². The van der Waals surface area contributed by atoms with Crippen LogP contribution in [0.25, 0.3) is 0 Å². The van der Waals surface area contributed by atoms with Crippen LogP contribution in [0.2, 0.25) is 0 Å². The van der Waals surface area contributed by atoms with E-state index in [1.807, 2.05) is 0 Å². The number of aromatic carboxylic acids is 1. The van der Waals surface area contributed by atoms with Gasteiger partial charge in [-0.1, -0.05) is 6.07 Å². The number of aromatic nitrogens is 3. The van der Waals surface area contributed by atoms with Crippen molar-refractivity contribution in [3.63, 3.8) is 0 Å². The molecule has 0 atom stereocenters. The van der Waals surface area contributed by atoms with Crippen molar-refractivity contribution in [1.29, 1.82) is 0 Å². The summed E-state index contributed by atoms with van der Waals surface area (Å²) >= 11 is 0. The van der Waals surface area contributed by atoms with Gasteiger partial charge >= 0.3 is 5.97 Å². The Morgan fingerprint density at radius 1 is 1.21 bits per heavy atom. The van der Waals surface area contributed by atoms with Crippen LogP contribution in [0.1, 0.15) is 27.7 Å². The number of pyridine rings is 2. The van der Waals surface area contributed by atoms with E-state index in [9.17, 15) is 14.0 Å². The summed E-state index contributed by atoms with van der Waals surface area (Å²) in [6.45, 7) is 0.152. The van der Waals surface area contributed by atoms with Gasteiger partial charge in [-0.15, -0.1) is 0 Å². The quantitative estimate of drug-likeness (QED) is 0.765. The zero-order valence-electron chi connectivity index (χ0n) is 12.3. The Kier molecular flexibility index (Phi) is 4.19. The highest BCUT2D eigenvalue weighted by Crippen LogP contribution is 2.10. The number of carboxylic acid groups (broad SMARTS) is 1. The van der Waals surface area contributed by atoms with Crippen molar-refractivity contribution in [3.05, 3.63) is 81.9 Å². The van der Waals surface area contributed by atoms with Gasteiger partial charge in [0.15, 0.2) is 5.89 Å². The van der Waals surface area contributed by atoms with Gasteiger partial charge in [0.25, 0.3) is 5.56 Å². The molecule has 7 nitrogen and oxygen atoms in total. The van der Waals surface area contributed by atoms with Crippen molar-refractivity contribution in [1.82, 2.24) is 14.5 Å². The molecule has 0 unspecified atom stereocenters. The molecule has 0 radical (unpaired) electrons. The first-order chi connectivity index (χ1) is 11.5. The van der Waals surface area contributed by atoms with Crippen molar-refractivity contribution in [2.24, 2.45) is 0 Å². The number of carbonyl (C=O) groups is 1. The minimum atomic E-state index is -1.18. The molecule has 0 aliphatic rings. The number of hydrogen-bond donors (Lipinski definition) is 1. The highest BCUT2D eigenvalue weighted by atomic mass is 19.1. The maximum absolute atomic E-state index is 13.2. The Morgan fingerprint density at radius 2 is 2.04 bits per heavy atom. The Morgan fingerprint density at radius 3 is 2.71 bits per heavy atom. The molecule has 0 aromatic carbocycles. The average molecular weight is 329 g/mol. The zero-order chi connectivity index (χ0) is 17.1. The molecule has 3 aromatic rings. The summed E-state index contributed by atoms with van der Waals surface area (Å²) in [4.78, 5) is 30.5. The van der Waals surface area contributed by atoms with E-state index in [-0.39, 0.29) is 23.8 Å². The van der Waals surface area contributed by atoms with Crippen molar-refractivity contribution < 1.29 is 18.7 Å². The molecule has 122 valence electrons. The first-order valence-corrected chi connectivity index (χ1v) is 6.99. The summed E-state index contributed by atoms with van der Waals surface area (Å²) in [6, 6.07) is 5.73. The van der Waals surface area contributed by atoms with E-state index in [0.29, 0.717) is 12.1 Å². The Balaban J connectivity index is 1.72. The molecule has 0 spiro atoms. The molecule has 0 fully saturated rings. The number of rotatable bonds is 5. The van der Waals surface area contributed by atoms with Gasteiger partial charge < -0.3 is 14.1 Å². The lowest BCUT2D eigenvalue weighted by Crippen LogP contribution is -2.19. The van der Waals surface area contributed by atoms with Gasteiger partial charge in [0, 0.05) is 18.5 Å². The first kappa shape index (κ1) is 15.6. The standard InChI is InChI=1S/C16H12FN3O4/c17-11-2-4-15(21)20(8-11)9-12-3-1-10(6-18-12)5-14-19-7-13(24-14)16(22)23/h1-4,6-8H,5,9H2,(H,22,23). The van der Waals surface area contributed by atoms with Gasteiger partial charge in [0.05, 0.1) is 24.9 Å². The fourth-order valence-electron chi connectivity index (χ4n) is 2.12. The van der Waals surface area contributed by atoms with Crippen LogP contribution in [0.4, 0.5) is 4.39 Å². The molecule has 3 aromatic heterocycles. The smallest absolute Gasteiger partial charge is 0.373 e. The van der Waals surface area contributed by atoms with E-state index in [4.69, 9.17) is 9.52 Å². The minimum Gasteiger partial charge on any atom is -0.475 e. The number of nitrogens with zero attached hydrogens (tertiary/aromatic N) is 3. The van der Waals surface area contributed by atoms with Crippen molar-refractivity contribution in [3.8, 4) is 0 Å². The van der Waals surface area contributed by atoms with Crippen LogP contribution >= 0.6 is 0 Å². The summed E-state index contributed by atoms with van der Waals surface area (Å²) in [7, 11) is 0. The van der Waals surface area contributed by atoms with Gasteiger partial charge in [-0.25, -0.2) is 14.2 Å². The predicted molar refractivity (Wildman–Crippen MR) is 80.3 cm³/mol. The molecule has 0 aliphatic carbocycles. The minimum absolute atomic E-state index is 0.152. The molecule has 0 amide bonds. The van der Waals surface area contributed by atoms with E-state index in [1.165, 1.54) is 4.57 Å². The van der Waals surface area contributed by atoms with Gasteiger partial charge in [0.1, 0.15) is 5.82 Å². The molecule has 0 saturated carbocycles. The maximum Gasteiger partial charge on any atom is 0.373 e. The molecule has 3 rings (SSSR count). The zero-order valence-corrected chi connectivity index (χ0v) is 12.3. The van der Waals surface area contributed by atoms with Crippen LogP contribution in [0.3, 0.4) is 0 Å². The highest BCUT2D eigenvalue weighted by molar-refractivity contribution is 5.83. The van der Waals surface area contributed by atoms with Crippen molar-refractivity contribution in [2.45, 2.75) is 13.0 Å². The van der Waals surface area contributed by atoms with Gasteiger partial charge in [-0.2, -0.15) is 0 Å². The third kappa shape index (κ3) is 3.54. The van der Waals surface area contributed by atoms with Crippen LogP contribution in [-0.4, -0.2) is 25.6 Å². The summed E-state index contributed by atoms with van der Waals surface area (Å²) in [6.07, 6.45) is 4.14. The van der Waals surface area contributed by atoms with Crippen LogP contribution in [-0.2, 0) is 13.0 Å². The van der Waals surface area contributed by atoms with E-state index in [2.05, 4.69) is 9.97 Å². The molecule has 3 heterocycles. The van der Waals surface area contributed by atoms with Crippen LogP contribution in [0.5, 0.6) is 0 Å². The topological polar surface area (TPSA) is 98.2 Å². The SMILES string of the molecule is O=C(O)c1cnc(Cc2ccc(Cn3cc(F)ccc3=O)nc2)o1. The fraction of sp³-hybridized carbons (Fsp3) is 0.125. The van der Waals surface area contributed by atoms with Gasteiger partial charge in [-0.05, 0) is 17.7 Å². The molecule has 0 aliphatic heterocycles. The fourth-order valence-corrected chi connectivity index (χ4v) is 2.12. The summed E-state index contributed by atoms with van der Waals surface area (Å²) < 4.78 is 19.5. The summed E-state index contributed by atoms with van der Waals surface area (Å²) in [5.41, 5.74) is 1.04. The number of carboxylic acids is 1. The molecule has 8 heteroatoms. The van der Waals surface area contributed by atoms with E-state index in [0.717, 1.165) is 30.1 Å². The molecule has 0 bridgehead atoms. The third-order valence-electron chi connectivity index (χ3n) is 3.29. The lowest BCUT2D eigenvalue weighted by atomic mass is 10.2. The Hall–Kier alpha value is -3.29. The Bertz CT molecular complexity index is 931.